The molecule has 0 aromatic carbocycles. The van der Waals surface area contributed by atoms with Crippen LogP contribution in [0.2, 0.25) is 0 Å². The van der Waals surface area contributed by atoms with Crippen molar-refractivity contribution in [3.63, 3.8) is 0 Å². The van der Waals surface area contributed by atoms with Crippen molar-refractivity contribution in [3.8, 4) is 0 Å². The van der Waals surface area contributed by atoms with Crippen LogP contribution in [-0.2, 0) is 0 Å². The fourth-order valence-electron chi connectivity index (χ4n) is 0.961. The van der Waals surface area contributed by atoms with Crippen molar-refractivity contribution in [3.05, 3.63) is 0 Å². The highest BCUT2D eigenvalue weighted by Crippen LogP contribution is 2.32. The van der Waals surface area contributed by atoms with Gasteiger partial charge in [0.2, 0.25) is 0 Å². The number of hydrogen-bond donors (Lipinski definition) is 0. The summed E-state index contributed by atoms with van der Waals surface area (Å²) in [6.45, 7) is 11.1. The minimum atomic E-state index is 0.303. The normalized spacial score (nSPS) is 15.9. The van der Waals surface area contributed by atoms with Crippen LogP contribution >= 0.6 is 11.6 Å². The van der Waals surface area contributed by atoms with E-state index in [2.05, 4.69) is 34.6 Å². The number of rotatable bonds is 3. The summed E-state index contributed by atoms with van der Waals surface area (Å²) in [6, 6.07) is 0. The molecule has 0 aromatic heterocycles. The lowest BCUT2D eigenvalue weighted by Gasteiger charge is -2.30. The zero-order chi connectivity index (χ0) is 8.36. The van der Waals surface area contributed by atoms with E-state index in [1.165, 1.54) is 0 Å². The fraction of sp³-hybridized carbons (Fsp3) is 1.00. The first-order chi connectivity index (χ1) is 4.36. The van der Waals surface area contributed by atoms with Gasteiger partial charge in [0.05, 0.1) is 0 Å². The summed E-state index contributed by atoms with van der Waals surface area (Å²) in [7, 11) is 0. The van der Waals surface area contributed by atoms with Crippen LogP contribution in [0.4, 0.5) is 0 Å². The molecule has 0 heterocycles. The molecule has 10 heavy (non-hydrogen) atoms. The van der Waals surface area contributed by atoms with Crippen molar-refractivity contribution >= 4 is 11.6 Å². The molecule has 0 bridgehead atoms. The molecule has 0 nitrogen and oxygen atoms in total. The van der Waals surface area contributed by atoms with Gasteiger partial charge >= 0.3 is 0 Å². The van der Waals surface area contributed by atoms with Gasteiger partial charge in [-0.25, -0.2) is 0 Å². The Morgan fingerprint density at radius 3 is 1.70 bits per heavy atom. The Bertz CT molecular complexity index is 92.9. The predicted molar refractivity (Wildman–Crippen MR) is 48.6 cm³/mol. The number of alkyl halides is 1. The van der Waals surface area contributed by atoms with Crippen molar-refractivity contribution in [2.75, 3.05) is 0 Å². The van der Waals surface area contributed by atoms with Gasteiger partial charge in [-0.2, -0.15) is 0 Å². The molecule has 1 heteroatoms. The van der Waals surface area contributed by atoms with E-state index < -0.39 is 0 Å². The van der Waals surface area contributed by atoms with Gasteiger partial charge in [-0.1, -0.05) is 27.7 Å². The van der Waals surface area contributed by atoms with Gasteiger partial charge in [0, 0.05) is 5.38 Å². The average molecular weight is 163 g/mol. The van der Waals surface area contributed by atoms with Crippen LogP contribution in [-0.4, -0.2) is 5.38 Å². The molecular formula is C9H19Cl. The van der Waals surface area contributed by atoms with Gasteiger partial charge in [0.25, 0.3) is 0 Å². The predicted octanol–water partition coefficient (Wildman–Crippen LogP) is 3.69. The van der Waals surface area contributed by atoms with E-state index in [-0.39, 0.29) is 0 Å². The van der Waals surface area contributed by atoms with Crippen molar-refractivity contribution in [2.24, 2.45) is 11.3 Å². The monoisotopic (exact) mass is 162 g/mol. The highest BCUT2D eigenvalue weighted by Gasteiger charge is 2.23. The molecule has 0 amide bonds. The molecule has 0 fully saturated rings. The summed E-state index contributed by atoms with van der Waals surface area (Å²) in [6.07, 6.45) is 1.10. The summed E-state index contributed by atoms with van der Waals surface area (Å²) in [5.41, 5.74) is 0.390. The van der Waals surface area contributed by atoms with E-state index in [9.17, 15) is 0 Å². The smallest absolute Gasteiger partial charge is 0.0313 e. The van der Waals surface area contributed by atoms with Gasteiger partial charge in [-0.15, -0.1) is 11.6 Å². The van der Waals surface area contributed by atoms with Crippen LogP contribution in [0.3, 0.4) is 0 Å². The maximum Gasteiger partial charge on any atom is 0.0313 e. The van der Waals surface area contributed by atoms with Crippen molar-refractivity contribution < 1.29 is 0 Å². The van der Waals surface area contributed by atoms with E-state index >= 15 is 0 Å². The van der Waals surface area contributed by atoms with Gasteiger partial charge in [0.15, 0.2) is 0 Å². The average Bonchev–Trinajstić information content (AvgIpc) is 1.60. The van der Waals surface area contributed by atoms with Crippen molar-refractivity contribution in [2.45, 2.75) is 46.4 Å². The maximum atomic E-state index is 5.91. The molecule has 0 aromatic rings. The van der Waals surface area contributed by atoms with E-state index in [1.807, 2.05) is 0 Å². The summed E-state index contributed by atoms with van der Waals surface area (Å²) >= 11 is 5.91. The zero-order valence-electron chi connectivity index (χ0n) is 7.74. The Kier molecular flexibility index (Phi) is 3.72. The lowest BCUT2D eigenvalue weighted by Crippen LogP contribution is -2.22. The molecule has 1 atom stereocenters. The number of halogens is 1. The Morgan fingerprint density at radius 2 is 1.60 bits per heavy atom. The topological polar surface area (TPSA) is 0 Å². The van der Waals surface area contributed by atoms with E-state index in [4.69, 9.17) is 11.6 Å². The molecule has 0 spiro atoms. The standard InChI is InChI=1S/C9H19Cl/c1-7(2)9(4,5)6-8(3)10/h7-8H,6H2,1-5H3. The first-order valence-corrected chi connectivity index (χ1v) is 4.44. The molecular weight excluding hydrogens is 144 g/mol. The van der Waals surface area contributed by atoms with Gasteiger partial charge < -0.3 is 0 Å². The highest BCUT2D eigenvalue weighted by atomic mass is 35.5. The highest BCUT2D eigenvalue weighted by molar-refractivity contribution is 6.20. The molecule has 0 radical (unpaired) electrons. The molecule has 0 rings (SSSR count). The van der Waals surface area contributed by atoms with Crippen molar-refractivity contribution in [1.82, 2.24) is 0 Å². The van der Waals surface area contributed by atoms with Crippen LogP contribution in [0.15, 0.2) is 0 Å². The third-order valence-electron chi connectivity index (χ3n) is 2.37. The minimum absolute atomic E-state index is 0.303. The van der Waals surface area contributed by atoms with Crippen molar-refractivity contribution in [1.29, 1.82) is 0 Å². The second-order valence-corrected chi connectivity index (χ2v) is 4.87. The van der Waals surface area contributed by atoms with Crippen LogP contribution in [0, 0.1) is 11.3 Å². The third kappa shape index (κ3) is 3.46. The molecule has 0 aliphatic rings. The Balaban J connectivity index is 3.87. The van der Waals surface area contributed by atoms with E-state index in [1.54, 1.807) is 0 Å². The largest absolute Gasteiger partial charge is 0.123 e. The SMILES string of the molecule is CC(Cl)CC(C)(C)C(C)C. The first kappa shape index (κ1) is 10.3. The molecule has 0 saturated carbocycles. The molecule has 62 valence electrons. The molecule has 1 unspecified atom stereocenters. The maximum absolute atomic E-state index is 5.91. The van der Waals surface area contributed by atoms with Gasteiger partial charge in [-0.3, -0.25) is 0 Å². The quantitative estimate of drug-likeness (QED) is 0.556. The summed E-state index contributed by atoms with van der Waals surface area (Å²) in [4.78, 5) is 0. The molecule has 0 N–H and O–H groups in total. The second kappa shape index (κ2) is 3.61. The van der Waals surface area contributed by atoms with E-state index in [0.717, 1.165) is 6.42 Å². The minimum Gasteiger partial charge on any atom is -0.123 e. The Morgan fingerprint density at radius 1 is 1.20 bits per heavy atom. The summed E-state index contributed by atoms with van der Waals surface area (Å²) in [5.74, 6) is 0.716. The van der Waals surface area contributed by atoms with Crippen LogP contribution < -0.4 is 0 Å². The van der Waals surface area contributed by atoms with Gasteiger partial charge in [-0.05, 0) is 24.7 Å². The summed E-state index contributed by atoms with van der Waals surface area (Å²) < 4.78 is 0. The third-order valence-corrected chi connectivity index (χ3v) is 2.52. The van der Waals surface area contributed by atoms with E-state index in [0.29, 0.717) is 16.7 Å². The zero-order valence-corrected chi connectivity index (χ0v) is 8.50. The Labute approximate surface area is 70.0 Å². The van der Waals surface area contributed by atoms with Crippen LogP contribution in [0.5, 0.6) is 0 Å². The fourth-order valence-corrected chi connectivity index (χ4v) is 1.36. The van der Waals surface area contributed by atoms with Crippen LogP contribution in [0.25, 0.3) is 0 Å². The Hall–Kier alpha value is 0.290. The molecule has 0 saturated heterocycles. The lowest BCUT2D eigenvalue weighted by molar-refractivity contribution is 0.229. The molecule has 0 aliphatic carbocycles. The van der Waals surface area contributed by atoms with Gasteiger partial charge in [0.1, 0.15) is 0 Å². The number of hydrogen-bond acceptors (Lipinski definition) is 0. The lowest BCUT2D eigenvalue weighted by atomic mass is 9.77. The summed E-state index contributed by atoms with van der Waals surface area (Å²) in [5, 5.41) is 0.303. The first-order valence-electron chi connectivity index (χ1n) is 4.00. The van der Waals surface area contributed by atoms with Crippen LogP contribution in [0.1, 0.15) is 41.0 Å². The molecule has 0 aliphatic heterocycles. The second-order valence-electron chi connectivity index (χ2n) is 4.13.